The molecule has 1 atom stereocenters. The third kappa shape index (κ3) is 2.51. The van der Waals surface area contributed by atoms with E-state index in [1.165, 1.54) is 10.9 Å². The van der Waals surface area contributed by atoms with E-state index in [1.807, 2.05) is 31.2 Å². The summed E-state index contributed by atoms with van der Waals surface area (Å²) in [6.45, 7) is 2.03. The summed E-state index contributed by atoms with van der Waals surface area (Å²) >= 11 is 0. The highest BCUT2D eigenvalue weighted by atomic mass is 16.2. The second-order valence-corrected chi connectivity index (χ2v) is 4.53. The molecule has 2 aromatic heterocycles. The minimum absolute atomic E-state index is 0.136. The Bertz CT molecular complexity index is 684. The van der Waals surface area contributed by atoms with Crippen LogP contribution in [0.4, 0.5) is 0 Å². The summed E-state index contributed by atoms with van der Waals surface area (Å²) in [6.07, 6.45) is 3.18. The summed E-state index contributed by atoms with van der Waals surface area (Å²) in [5, 5.41) is 10.3. The van der Waals surface area contributed by atoms with Crippen molar-refractivity contribution in [3.63, 3.8) is 0 Å². The normalized spacial score (nSPS) is 12.4. The highest BCUT2D eigenvalue weighted by Crippen LogP contribution is 2.15. The zero-order valence-corrected chi connectivity index (χ0v) is 10.9. The van der Waals surface area contributed by atoms with Crippen LogP contribution in [-0.2, 0) is 11.3 Å². The average Bonchev–Trinajstić information content (AvgIpc) is 3.06. The number of H-pyrrole nitrogens is 1. The third-order valence-corrected chi connectivity index (χ3v) is 2.97. The van der Waals surface area contributed by atoms with Crippen molar-refractivity contribution in [1.82, 2.24) is 30.3 Å². The lowest BCUT2D eigenvalue weighted by atomic mass is 10.3. The first-order valence-electron chi connectivity index (χ1n) is 6.30. The van der Waals surface area contributed by atoms with Crippen LogP contribution >= 0.6 is 0 Å². The smallest absolute Gasteiger partial charge is 0.242 e. The van der Waals surface area contributed by atoms with Gasteiger partial charge in [-0.15, -0.1) is 5.10 Å². The number of para-hydroxylation sites is 2. The van der Waals surface area contributed by atoms with Gasteiger partial charge in [0.1, 0.15) is 12.4 Å². The maximum atomic E-state index is 11.9. The van der Waals surface area contributed by atoms with Crippen LogP contribution in [0, 0.1) is 0 Å². The van der Waals surface area contributed by atoms with E-state index in [0.717, 1.165) is 16.9 Å². The molecular formula is C13H14N6O. The minimum Gasteiger partial charge on any atom is -0.345 e. The number of imidazole rings is 1. The molecule has 0 aliphatic carbocycles. The first-order valence-corrected chi connectivity index (χ1v) is 6.30. The number of fused-ring (bicyclic) bond motifs is 1. The Morgan fingerprint density at radius 2 is 2.30 bits per heavy atom. The molecule has 2 heterocycles. The quantitative estimate of drug-likeness (QED) is 0.741. The molecule has 0 fully saturated rings. The maximum Gasteiger partial charge on any atom is 0.242 e. The number of carbonyl (C=O) groups excluding carboxylic acids is 1. The van der Waals surface area contributed by atoms with Crippen LogP contribution in [-0.4, -0.2) is 30.9 Å². The zero-order chi connectivity index (χ0) is 13.9. The Hall–Kier alpha value is -2.70. The van der Waals surface area contributed by atoms with Crippen LogP contribution in [0.2, 0.25) is 0 Å². The topological polar surface area (TPSA) is 88.5 Å². The predicted molar refractivity (Wildman–Crippen MR) is 72.7 cm³/mol. The van der Waals surface area contributed by atoms with Crippen molar-refractivity contribution in [3.8, 4) is 0 Å². The predicted octanol–water partition coefficient (Wildman–Crippen LogP) is 1.03. The molecule has 20 heavy (non-hydrogen) atoms. The van der Waals surface area contributed by atoms with Crippen molar-refractivity contribution in [2.45, 2.75) is 19.5 Å². The molecule has 1 aromatic carbocycles. The van der Waals surface area contributed by atoms with Crippen LogP contribution in [0.1, 0.15) is 18.8 Å². The summed E-state index contributed by atoms with van der Waals surface area (Å²) in [7, 11) is 0. The number of hydrogen-bond acceptors (Lipinski definition) is 4. The van der Waals surface area contributed by atoms with E-state index in [-0.39, 0.29) is 18.5 Å². The number of amides is 1. The van der Waals surface area contributed by atoms with E-state index >= 15 is 0 Å². The first-order chi connectivity index (χ1) is 9.72. The Morgan fingerprint density at radius 3 is 3.05 bits per heavy atom. The van der Waals surface area contributed by atoms with Gasteiger partial charge in [0.05, 0.1) is 23.3 Å². The number of aromatic amines is 1. The van der Waals surface area contributed by atoms with Crippen LogP contribution in [0.3, 0.4) is 0 Å². The number of benzene rings is 1. The molecule has 7 nitrogen and oxygen atoms in total. The number of nitrogens with zero attached hydrogens (tertiary/aromatic N) is 4. The molecule has 2 N–H and O–H groups in total. The van der Waals surface area contributed by atoms with Crippen LogP contribution in [0.25, 0.3) is 11.0 Å². The molecule has 0 spiro atoms. The molecular weight excluding hydrogens is 256 g/mol. The Labute approximate surface area is 115 Å². The molecule has 0 saturated carbocycles. The maximum absolute atomic E-state index is 11.9. The lowest BCUT2D eigenvalue weighted by Gasteiger charge is -2.11. The van der Waals surface area contributed by atoms with Gasteiger partial charge in [0.25, 0.3) is 0 Å². The largest absolute Gasteiger partial charge is 0.345 e. The molecule has 0 aliphatic rings. The molecule has 0 aliphatic heterocycles. The van der Waals surface area contributed by atoms with Gasteiger partial charge >= 0.3 is 0 Å². The van der Waals surface area contributed by atoms with Crippen molar-refractivity contribution in [3.05, 3.63) is 42.5 Å². The lowest BCUT2D eigenvalue weighted by Crippen LogP contribution is -2.30. The van der Waals surface area contributed by atoms with Gasteiger partial charge in [-0.2, -0.15) is 0 Å². The van der Waals surface area contributed by atoms with Crippen molar-refractivity contribution in [2.75, 3.05) is 0 Å². The van der Waals surface area contributed by atoms with Gasteiger partial charge in [-0.05, 0) is 19.1 Å². The Balaban J connectivity index is 1.69. The third-order valence-electron chi connectivity index (χ3n) is 2.97. The summed E-state index contributed by atoms with van der Waals surface area (Å²) in [5.74, 6) is 0.599. The number of hydrogen-bond donors (Lipinski definition) is 2. The molecule has 102 valence electrons. The van der Waals surface area contributed by atoms with Gasteiger partial charge in [-0.25, -0.2) is 9.67 Å². The molecule has 3 aromatic rings. The Morgan fingerprint density at radius 1 is 1.45 bits per heavy atom. The van der Waals surface area contributed by atoms with Gasteiger partial charge in [0.2, 0.25) is 5.91 Å². The summed E-state index contributed by atoms with van der Waals surface area (Å²) < 4.78 is 1.47. The van der Waals surface area contributed by atoms with Gasteiger partial charge in [-0.3, -0.25) is 4.79 Å². The average molecular weight is 270 g/mol. The van der Waals surface area contributed by atoms with Crippen LogP contribution in [0.15, 0.2) is 36.7 Å². The molecule has 0 saturated heterocycles. The zero-order valence-electron chi connectivity index (χ0n) is 10.9. The molecule has 3 rings (SSSR count). The van der Waals surface area contributed by atoms with Gasteiger partial charge in [0.15, 0.2) is 0 Å². The van der Waals surface area contributed by atoms with E-state index in [9.17, 15) is 4.79 Å². The fourth-order valence-electron chi connectivity index (χ4n) is 2.00. The number of rotatable bonds is 4. The molecule has 1 unspecified atom stereocenters. The second-order valence-electron chi connectivity index (χ2n) is 4.53. The van der Waals surface area contributed by atoms with Crippen molar-refractivity contribution in [2.24, 2.45) is 0 Å². The Kier molecular flexibility index (Phi) is 3.16. The number of carbonyl (C=O) groups is 1. The monoisotopic (exact) mass is 270 g/mol. The fourth-order valence-corrected chi connectivity index (χ4v) is 2.00. The summed E-state index contributed by atoms with van der Waals surface area (Å²) in [4.78, 5) is 19.5. The minimum atomic E-state index is -0.196. The van der Waals surface area contributed by atoms with E-state index in [1.54, 1.807) is 6.20 Å². The summed E-state index contributed by atoms with van der Waals surface area (Å²) in [6, 6.07) is 7.56. The SMILES string of the molecule is CC(NC(=O)Cn1ccnn1)c1nc2ccccc2[nH]1. The van der Waals surface area contributed by atoms with Gasteiger partial charge < -0.3 is 10.3 Å². The van der Waals surface area contributed by atoms with E-state index in [2.05, 4.69) is 25.6 Å². The van der Waals surface area contributed by atoms with Crippen molar-refractivity contribution < 1.29 is 4.79 Å². The van der Waals surface area contributed by atoms with Crippen molar-refractivity contribution >= 4 is 16.9 Å². The van der Waals surface area contributed by atoms with E-state index < -0.39 is 0 Å². The fraction of sp³-hybridized carbons (Fsp3) is 0.231. The van der Waals surface area contributed by atoms with Gasteiger partial charge in [-0.1, -0.05) is 17.3 Å². The molecule has 0 radical (unpaired) electrons. The standard InChI is InChI=1S/C13H14N6O/c1-9(15-12(20)8-19-7-6-14-18-19)13-16-10-4-2-3-5-11(10)17-13/h2-7,9H,8H2,1H3,(H,15,20)(H,16,17). The van der Waals surface area contributed by atoms with Crippen LogP contribution < -0.4 is 5.32 Å². The van der Waals surface area contributed by atoms with Gasteiger partial charge in [0, 0.05) is 6.20 Å². The summed E-state index contributed by atoms with van der Waals surface area (Å²) in [5.41, 5.74) is 1.85. The highest BCUT2D eigenvalue weighted by Gasteiger charge is 2.13. The van der Waals surface area contributed by atoms with Crippen LogP contribution in [0.5, 0.6) is 0 Å². The molecule has 1 amide bonds. The highest BCUT2D eigenvalue weighted by molar-refractivity contribution is 5.77. The second kappa shape index (κ2) is 5.12. The lowest BCUT2D eigenvalue weighted by molar-refractivity contribution is -0.122. The number of nitrogens with one attached hydrogen (secondary N) is 2. The molecule has 7 heteroatoms. The first kappa shape index (κ1) is 12.3. The number of aromatic nitrogens is 5. The molecule has 0 bridgehead atoms. The van der Waals surface area contributed by atoms with E-state index in [4.69, 9.17) is 0 Å². The van der Waals surface area contributed by atoms with Crippen molar-refractivity contribution in [1.29, 1.82) is 0 Å². The van der Waals surface area contributed by atoms with E-state index in [0.29, 0.717) is 0 Å².